The third-order valence-electron chi connectivity index (χ3n) is 4.89. The van der Waals surface area contributed by atoms with Gasteiger partial charge in [0.05, 0.1) is 23.7 Å². The lowest BCUT2D eigenvalue weighted by molar-refractivity contribution is -0.173. The number of hydrogen-bond acceptors (Lipinski definition) is 5. The zero-order valence-corrected chi connectivity index (χ0v) is 16.3. The van der Waals surface area contributed by atoms with Crippen molar-refractivity contribution in [3.63, 3.8) is 0 Å². The maximum Gasteiger partial charge on any atom is 0.410 e. The summed E-state index contributed by atoms with van der Waals surface area (Å²) >= 11 is 1.25. The van der Waals surface area contributed by atoms with Gasteiger partial charge in [-0.3, -0.25) is 9.59 Å². The van der Waals surface area contributed by atoms with E-state index < -0.39 is 24.2 Å². The predicted octanol–water partition coefficient (Wildman–Crippen LogP) is 4.22. The molecular formula is C20H17F3N4O2S. The van der Waals surface area contributed by atoms with E-state index in [1.165, 1.54) is 11.3 Å². The van der Waals surface area contributed by atoms with Gasteiger partial charge in [-0.05, 0) is 17.0 Å². The number of fused-ring (bicyclic) bond motifs is 1. The number of nitrogens with zero attached hydrogens (tertiary/aromatic N) is 2. The number of halogens is 3. The molecule has 156 valence electrons. The van der Waals surface area contributed by atoms with E-state index in [-0.39, 0.29) is 30.1 Å². The molecule has 2 N–H and O–H groups in total. The van der Waals surface area contributed by atoms with Crippen molar-refractivity contribution in [2.24, 2.45) is 0 Å². The van der Waals surface area contributed by atoms with Crippen molar-refractivity contribution in [2.75, 3.05) is 11.9 Å². The van der Waals surface area contributed by atoms with Crippen LogP contribution < -0.4 is 10.6 Å². The Morgan fingerprint density at radius 1 is 1.20 bits per heavy atom. The van der Waals surface area contributed by atoms with Gasteiger partial charge in [-0.15, -0.1) is 11.3 Å². The van der Waals surface area contributed by atoms with Crippen LogP contribution in [0.1, 0.15) is 44.1 Å². The average molecular weight is 434 g/mol. The highest BCUT2D eigenvalue weighted by Gasteiger charge is 2.47. The van der Waals surface area contributed by atoms with Gasteiger partial charge >= 0.3 is 6.18 Å². The molecule has 0 aliphatic carbocycles. The van der Waals surface area contributed by atoms with E-state index in [1.807, 2.05) is 0 Å². The van der Waals surface area contributed by atoms with Crippen molar-refractivity contribution in [2.45, 2.75) is 24.7 Å². The van der Waals surface area contributed by atoms with Crippen molar-refractivity contribution in [3.05, 3.63) is 70.0 Å². The predicted molar refractivity (Wildman–Crippen MR) is 106 cm³/mol. The zero-order chi connectivity index (χ0) is 21.3. The van der Waals surface area contributed by atoms with Gasteiger partial charge in [0.2, 0.25) is 0 Å². The molecule has 2 aromatic heterocycles. The number of carbonyl (C=O) groups excluding carboxylic acids is 2. The number of nitrogens with one attached hydrogen (secondary N) is 2. The fourth-order valence-corrected chi connectivity index (χ4v) is 4.08. The minimum absolute atomic E-state index is 0.0153. The maximum atomic E-state index is 13.7. The number of aromatic nitrogens is 2. The number of ketones is 1. The molecule has 0 radical (unpaired) electrons. The van der Waals surface area contributed by atoms with Crippen LogP contribution in [0.25, 0.3) is 0 Å². The molecule has 1 aliphatic rings. The first kappa shape index (κ1) is 20.1. The number of hydrogen-bond donors (Lipinski definition) is 2. The van der Waals surface area contributed by atoms with Gasteiger partial charge in [0.15, 0.2) is 11.8 Å². The van der Waals surface area contributed by atoms with E-state index in [0.717, 1.165) is 10.9 Å². The molecule has 0 fully saturated rings. The van der Waals surface area contributed by atoms with Gasteiger partial charge in [-0.25, -0.2) is 4.68 Å². The Morgan fingerprint density at radius 3 is 2.63 bits per heavy atom. The highest BCUT2D eigenvalue weighted by molar-refractivity contribution is 7.12. The Bertz CT molecular complexity index is 1050. The van der Waals surface area contributed by atoms with Crippen LogP contribution in [0.3, 0.4) is 0 Å². The summed E-state index contributed by atoms with van der Waals surface area (Å²) in [7, 11) is 0. The van der Waals surface area contributed by atoms with Gasteiger partial charge in [-0.1, -0.05) is 36.4 Å². The molecule has 1 aromatic carbocycles. The fourth-order valence-electron chi connectivity index (χ4n) is 3.41. The van der Waals surface area contributed by atoms with Gasteiger partial charge in [0.1, 0.15) is 11.4 Å². The molecule has 1 aliphatic heterocycles. The quantitative estimate of drug-likeness (QED) is 0.590. The van der Waals surface area contributed by atoms with Crippen LogP contribution in [0, 0.1) is 0 Å². The second kappa shape index (κ2) is 7.94. The van der Waals surface area contributed by atoms with E-state index in [4.69, 9.17) is 0 Å². The third-order valence-corrected chi connectivity index (χ3v) is 5.80. The molecule has 6 nitrogen and oxygen atoms in total. The van der Waals surface area contributed by atoms with Crippen LogP contribution >= 0.6 is 11.3 Å². The fraction of sp³-hybridized carbons (Fsp3) is 0.250. The van der Waals surface area contributed by atoms with Crippen molar-refractivity contribution in [3.8, 4) is 0 Å². The Kier molecular flexibility index (Phi) is 5.33. The smallest absolute Gasteiger partial charge is 0.363 e. The standard InChI is InChI=1S/C20H17F3N4O2S/c21-20(22,23)17-9-14(12-5-2-1-3-6-12)26-18-13(10-25-27(17)18)19(29)24-11-15(28)16-7-4-8-30-16/h1-8,10,14,17,26H,9,11H2,(H,24,29)/t14-,17+/m0/s1. The number of amides is 1. The Hall–Kier alpha value is -3.14. The summed E-state index contributed by atoms with van der Waals surface area (Å²) in [4.78, 5) is 25.2. The van der Waals surface area contributed by atoms with Crippen molar-refractivity contribution in [1.29, 1.82) is 0 Å². The van der Waals surface area contributed by atoms with Crippen molar-refractivity contribution >= 4 is 28.8 Å². The van der Waals surface area contributed by atoms with Gasteiger partial charge in [0, 0.05) is 6.42 Å². The summed E-state index contributed by atoms with van der Waals surface area (Å²) < 4.78 is 41.9. The summed E-state index contributed by atoms with van der Waals surface area (Å²) in [5.41, 5.74) is 0.641. The second-order valence-electron chi connectivity index (χ2n) is 6.84. The third kappa shape index (κ3) is 3.95. The van der Waals surface area contributed by atoms with E-state index in [0.29, 0.717) is 10.4 Å². The average Bonchev–Trinajstić information content (AvgIpc) is 3.41. The lowest BCUT2D eigenvalue weighted by atomic mass is 9.96. The normalized spacial score (nSPS) is 18.4. The number of benzene rings is 1. The van der Waals surface area contributed by atoms with E-state index >= 15 is 0 Å². The molecule has 0 unspecified atom stereocenters. The molecule has 3 heterocycles. The Morgan fingerprint density at radius 2 is 1.97 bits per heavy atom. The lowest BCUT2D eigenvalue weighted by Crippen LogP contribution is -2.37. The zero-order valence-electron chi connectivity index (χ0n) is 15.5. The molecule has 0 saturated carbocycles. The Balaban J connectivity index is 1.59. The maximum absolute atomic E-state index is 13.7. The highest BCUT2D eigenvalue weighted by atomic mass is 32.1. The first-order valence-electron chi connectivity index (χ1n) is 9.15. The van der Waals surface area contributed by atoms with E-state index in [2.05, 4.69) is 15.7 Å². The largest absolute Gasteiger partial charge is 0.410 e. The SMILES string of the molecule is O=C(CNC(=O)c1cnn2c1N[C@H](c1ccccc1)C[C@@H]2C(F)(F)F)c1cccs1. The summed E-state index contributed by atoms with van der Waals surface area (Å²) in [5, 5.41) is 11.1. The highest BCUT2D eigenvalue weighted by Crippen LogP contribution is 2.44. The van der Waals surface area contributed by atoms with Crippen LogP contribution in [0.2, 0.25) is 0 Å². The van der Waals surface area contributed by atoms with Crippen LogP contribution in [0.15, 0.2) is 54.0 Å². The Labute approximate surface area is 173 Å². The van der Waals surface area contributed by atoms with Crippen molar-refractivity contribution < 1.29 is 22.8 Å². The van der Waals surface area contributed by atoms with Crippen LogP contribution in [-0.2, 0) is 0 Å². The van der Waals surface area contributed by atoms with E-state index in [1.54, 1.807) is 47.8 Å². The van der Waals surface area contributed by atoms with Crippen LogP contribution in [0.5, 0.6) is 0 Å². The number of Topliss-reactive ketones (excluding diaryl/α,β-unsaturated/α-hetero) is 1. The molecule has 10 heteroatoms. The van der Waals surface area contributed by atoms with Gasteiger partial charge in [-0.2, -0.15) is 18.3 Å². The van der Waals surface area contributed by atoms with Crippen LogP contribution in [0.4, 0.5) is 19.0 Å². The molecule has 3 aromatic rings. The molecular weight excluding hydrogens is 417 g/mol. The van der Waals surface area contributed by atoms with Crippen molar-refractivity contribution in [1.82, 2.24) is 15.1 Å². The molecule has 1 amide bonds. The van der Waals surface area contributed by atoms with E-state index in [9.17, 15) is 22.8 Å². The van der Waals surface area contributed by atoms with Crippen LogP contribution in [-0.4, -0.2) is 34.2 Å². The van der Waals surface area contributed by atoms with Gasteiger partial charge < -0.3 is 10.6 Å². The number of carbonyl (C=O) groups is 2. The summed E-state index contributed by atoms with van der Waals surface area (Å²) in [5.74, 6) is -0.954. The molecule has 0 bridgehead atoms. The summed E-state index contributed by atoms with van der Waals surface area (Å²) in [6, 6.07) is 9.59. The second-order valence-corrected chi connectivity index (χ2v) is 7.78. The number of anilines is 1. The topological polar surface area (TPSA) is 76.0 Å². The van der Waals surface area contributed by atoms with Gasteiger partial charge in [0.25, 0.3) is 5.91 Å². The number of thiophene rings is 1. The first-order valence-corrected chi connectivity index (χ1v) is 10.0. The number of alkyl halides is 3. The molecule has 0 spiro atoms. The number of rotatable bonds is 5. The first-order chi connectivity index (χ1) is 14.3. The summed E-state index contributed by atoms with van der Waals surface area (Å²) in [6.07, 6.45) is -3.68. The molecule has 2 atom stereocenters. The molecule has 0 saturated heterocycles. The lowest BCUT2D eigenvalue weighted by Gasteiger charge is -2.34. The minimum Gasteiger partial charge on any atom is -0.363 e. The monoisotopic (exact) mass is 434 g/mol. The molecule has 30 heavy (non-hydrogen) atoms. The molecule has 4 rings (SSSR count). The summed E-state index contributed by atoms with van der Waals surface area (Å²) in [6.45, 7) is -0.255. The minimum atomic E-state index is -4.53.